The highest BCUT2D eigenvalue weighted by atomic mass is 16.3. The molecule has 0 aromatic rings. The van der Waals surface area contributed by atoms with Crippen LogP contribution in [-0.4, -0.2) is 36.8 Å². The predicted octanol–water partition coefficient (Wildman–Crippen LogP) is 1.04. The molecular formula is C14H26N2O2. The van der Waals surface area contributed by atoms with Crippen molar-refractivity contribution in [3.05, 3.63) is 0 Å². The third kappa shape index (κ3) is 4.25. The zero-order valence-electron chi connectivity index (χ0n) is 11.2. The van der Waals surface area contributed by atoms with Gasteiger partial charge in [-0.1, -0.05) is 12.8 Å². The van der Waals surface area contributed by atoms with Crippen molar-refractivity contribution < 1.29 is 9.90 Å². The monoisotopic (exact) mass is 254 g/mol. The van der Waals surface area contributed by atoms with Crippen molar-refractivity contribution in [2.45, 2.75) is 51.0 Å². The average Bonchev–Trinajstić information content (AvgIpc) is 2.39. The van der Waals surface area contributed by atoms with Gasteiger partial charge in [0.15, 0.2) is 0 Å². The topological polar surface area (TPSA) is 61.4 Å². The molecule has 3 N–H and O–H groups in total. The highest BCUT2D eigenvalue weighted by Crippen LogP contribution is 2.23. The van der Waals surface area contributed by atoms with Gasteiger partial charge in [0, 0.05) is 18.9 Å². The van der Waals surface area contributed by atoms with Gasteiger partial charge in [0.25, 0.3) is 0 Å². The van der Waals surface area contributed by atoms with E-state index in [4.69, 9.17) is 0 Å². The zero-order chi connectivity index (χ0) is 12.8. The average molecular weight is 254 g/mol. The fraction of sp³-hybridized carbons (Fsp3) is 0.929. The van der Waals surface area contributed by atoms with E-state index >= 15 is 0 Å². The van der Waals surface area contributed by atoms with Gasteiger partial charge in [-0.15, -0.1) is 0 Å². The van der Waals surface area contributed by atoms with Gasteiger partial charge < -0.3 is 15.7 Å². The van der Waals surface area contributed by atoms with E-state index < -0.39 is 0 Å². The number of nitrogens with one attached hydrogen (secondary N) is 2. The molecule has 0 radical (unpaired) electrons. The van der Waals surface area contributed by atoms with Gasteiger partial charge in [0.05, 0.1) is 6.10 Å². The molecule has 0 aromatic carbocycles. The Kier molecular flexibility index (Phi) is 5.45. The molecule has 4 heteroatoms. The maximum Gasteiger partial charge on any atom is 0.220 e. The van der Waals surface area contributed by atoms with Crippen LogP contribution >= 0.6 is 0 Å². The summed E-state index contributed by atoms with van der Waals surface area (Å²) in [5.41, 5.74) is 0. The number of rotatable bonds is 4. The summed E-state index contributed by atoms with van der Waals surface area (Å²) in [7, 11) is 0. The second-order valence-electron chi connectivity index (χ2n) is 5.81. The van der Waals surface area contributed by atoms with E-state index in [1.165, 1.54) is 6.42 Å². The molecule has 0 aromatic heterocycles. The lowest BCUT2D eigenvalue weighted by Gasteiger charge is -2.28. The highest BCUT2D eigenvalue weighted by Gasteiger charge is 2.24. The molecule has 1 aliphatic heterocycles. The van der Waals surface area contributed by atoms with Gasteiger partial charge in [-0.05, 0) is 44.7 Å². The summed E-state index contributed by atoms with van der Waals surface area (Å²) in [5.74, 6) is 0.984. The number of aliphatic hydroxyl groups excluding tert-OH is 1. The van der Waals surface area contributed by atoms with Crippen LogP contribution in [0.15, 0.2) is 0 Å². The van der Waals surface area contributed by atoms with E-state index in [0.29, 0.717) is 18.9 Å². The highest BCUT2D eigenvalue weighted by molar-refractivity contribution is 5.76. The molecule has 4 nitrogen and oxygen atoms in total. The van der Waals surface area contributed by atoms with Crippen molar-refractivity contribution in [2.24, 2.45) is 11.8 Å². The summed E-state index contributed by atoms with van der Waals surface area (Å²) in [6.07, 6.45) is 6.93. The lowest BCUT2D eigenvalue weighted by atomic mass is 9.86. The van der Waals surface area contributed by atoms with Crippen LogP contribution in [0.5, 0.6) is 0 Å². The maximum atomic E-state index is 11.8. The summed E-state index contributed by atoms with van der Waals surface area (Å²) in [6.45, 7) is 2.74. The second kappa shape index (κ2) is 7.10. The number of hydrogen-bond donors (Lipinski definition) is 3. The Morgan fingerprint density at radius 3 is 2.61 bits per heavy atom. The van der Waals surface area contributed by atoms with E-state index in [2.05, 4.69) is 10.6 Å². The van der Waals surface area contributed by atoms with Crippen molar-refractivity contribution in [2.75, 3.05) is 19.6 Å². The number of aliphatic hydroxyl groups is 1. The second-order valence-corrected chi connectivity index (χ2v) is 5.81. The minimum absolute atomic E-state index is 0.166. The summed E-state index contributed by atoms with van der Waals surface area (Å²) in [4.78, 5) is 11.8. The summed E-state index contributed by atoms with van der Waals surface area (Å²) < 4.78 is 0. The molecule has 1 aliphatic carbocycles. The first kappa shape index (κ1) is 13.8. The van der Waals surface area contributed by atoms with Gasteiger partial charge >= 0.3 is 0 Å². The molecule has 1 saturated heterocycles. The van der Waals surface area contributed by atoms with Crippen LogP contribution in [0.4, 0.5) is 0 Å². The van der Waals surface area contributed by atoms with Gasteiger partial charge in [0.2, 0.25) is 5.91 Å². The van der Waals surface area contributed by atoms with Crippen LogP contribution in [0.3, 0.4) is 0 Å². The summed E-state index contributed by atoms with van der Waals surface area (Å²) in [5, 5.41) is 16.2. The summed E-state index contributed by atoms with van der Waals surface area (Å²) in [6, 6.07) is 0. The maximum absolute atomic E-state index is 11.8. The van der Waals surface area contributed by atoms with E-state index in [0.717, 1.165) is 45.2 Å². The van der Waals surface area contributed by atoms with Crippen LogP contribution in [-0.2, 0) is 4.79 Å². The Balaban J connectivity index is 1.64. The quantitative estimate of drug-likeness (QED) is 0.702. The molecule has 2 rings (SSSR count). The first-order valence-electron chi connectivity index (χ1n) is 7.41. The Hall–Kier alpha value is -0.610. The van der Waals surface area contributed by atoms with Gasteiger partial charge in [-0.3, -0.25) is 4.79 Å². The Morgan fingerprint density at radius 2 is 1.89 bits per heavy atom. The van der Waals surface area contributed by atoms with Crippen molar-refractivity contribution in [3.8, 4) is 0 Å². The van der Waals surface area contributed by atoms with E-state index in [1.807, 2.05) is 0 Å². The molecule has 0 spiro atoms. The fourth-order valence-corrected chi connectivity index (χ4v) is 3.09. The first-order valence-corrected chi connectivity index (χ1v) is 7.41. The van der Waals surface area contributed by atoms with E-state index in [1.54, 1.807) is 0 Å². The molecule has 2 fully saturated rings. The SMILES string of the molecule is O=C(CC1CCNCC1)NCC1CCCCC1O. The third-order valence-electron chi connectivity index (χ3n) is 4.36. The zero-order valence-corrected chi connectivity index (χ0v) is 11.2. The molecule has 0 bridgehead atoms. The standard InChI is InChI=1S/C14H26N2O2/c17-13-4-2-1-3-12(13)10-16-14(18)9-11-5-7-15-8-6-11/h11-13,15,17H,1-10H2,(H,16,18). The Morgan fingerprint density at radius 1 is 1.17 bits per heavy atom. The minimum atomic E-state index is -0.210. The lowest BCUT2D eigenvalue weighted by Crippen LogP contribution is -2.38. The third-order valence-corrected chi connectivity index (χ3v) is 4.36. The van der Waals surface area contributed by atoms with Crippen LogP contribution in [0.1, 0.15) is 44.9 Å². The Bertz CT molecular complexity index is 265. The Labute approximate surface area is 110 Å². The normalized spacial score (nSPS) is 30.1. The van der Waals surface area contributed by atoms with E-state index in [9.17, 15) is 9.90 Å². The van der Waals surface area contributed by atoms with Gasteiger partial charge in [-0.2, -0.15) is 0 Å². The lowest BCUT2D eigenvalue weighted by molar-refractivity contribution is -0.122. The van der Waals surface area contributed by atoms with Crippen molar-refractivity contribution in [1.82, 2.24) is 10.6 Å². The van der Waals surface area contributed by atoms with Crippen LogP contribution < -0.4 is 10.6 Å². The molecular weight excluding hydrogens is 228 g/mol. The number of piperidine rings is 1. The number of amides is 1. The largest absolute Gasteiger partial charge is 0.393 e. The van der Waals surface area contributed by atoms with Crippen molar-refractivity contribution in [3.63, 3.8) is 0 Å². The number of carbonyl (C=O) groups excluding carboxylic acids is 1. The number of carbonyl (C=O) groups is 1. The molecule has 1 saturated carbocycles. The van der Waals surface area contributed by atoms with Crippen LogP contribution in [0, 0.1) is 11.8 Å². The molecule has 1 amide bonds. The molecule has 1 heterocycles. The van der Waals surface area contributed by atoms with Gasteiger partial charge in [-0.25, -0.2) is 0 Å². The van der Waals surface area contributed by atoms with Crippen LogP contribution in [0.25, 0.3) is 0 Å². The predicted molar refractivity (Wildman–Crippen MR) is 71.2 cm³/mol. The molecule has 2 unspecified atom stereocenters. The minimum Gasteiger partial charge on any atom is -0.393 e. The van der Waals surface area contributed by atoms with E-state index in [-0.39, 0.29) is 17.9 Å². The van der Waals surface area contributed by atoms with Crippen LogP contribution in [0.2, 0.25) is 0 Å². The molecule has 18 heavy (non-hydrogen) atoms. The first-order chi connectivity index (χ1) is 8.75. The van der Waals surface area contributed by atoms with Crippen molar-refractivity contribution in [1.29, 1.82) is 0 Å². The number of hydrogen-bond acceptors (Lipinski definition) is 3. The fourth-order valence-electron chi connectivity index (χ4n) is 3.09. The smallest absolute Gasteiger partial charge is 0.220 e. The summed E-state index contributed by atoms with van der Waals surface area (Å²) >= 11 is 0. The molecule has 2 atom stereocenters. The van der Waals surface area contributed by atoms with Gasteiger partial charge in [0.1, 0.15) is 0 Å². The molecule has 104 valence electrons. The molecule has 2 aliphatic rings. The van der Waals surface area contributed by atoms with Crippen molar-refractivity contribution >= 4 is 5.91 Å².